The molecule has 0 aromatic heterocycles. The van der Waals surface area contributed by atoms with Crippen molar-refractivity contribution in [2.45, 2.75) is 12.3 Å². The van der Waals surface area contributed by atoms with Crippen molar-refractivity contribution in [3.05, 3.63) is 28.2 Å². The minimum atomic E-state index is 0.127. The lowest BCUT2D eigenvalue weighted by Gasteiger charge is -2.10. The van der Waals surface area contributed by atoms with E-state index in [1.807, 2.05) is 18.2 Å². The number of nitrogens with one attached hydrogen (secondary N) is 1. The highest BCUT2D eigenvalue weighted by molar-refractivity contribution is 9.10. The van der Waals surface area contributed by atoms with Crippen molar-refractivity contribution in [2.75, 3.05) is 13.7 Å². The Kier molecular flexibility index (Phi) is 2.95. The highest BCUT2D eigenvalue weighted by atomic mass is 79.9. The van der Waals surface area contributed by atoms with Gasteiger partial charge in [0.15, 0.2) is 0 Å². The normalized spacial score (nSPS) is 20.1. The summed E-state index contributed by atoms with van der Waals surface area (Å²) in [6.45, 7) is 0.726. The summed E-state index contributed by atoms with van der Waals surface area (Å²) in [5, 5.41) is 2.83. The Labute approximate surface area is 96.9 Å². The van der Waals surface area contributed by atoms with Crippen molar-refractivity contribution >= 4 is 21.8 Å². The van der Waals surface area contributed by atoms with Gasteiger partial charge in [0.2, 0.25) is 5.91 Å². The summed E-state index contributed by atoms with van der Waals surface area (Å²) in [5.74, 6) is 1.22. The number of hydrogen-bond acceptors (Lipinski definition) is 2. The smallest absolute Gasteiger partial charge is 0.220 e. The number of carbonyl (C=O) groups is 1. The van der Waals surface area contributed by atoms with E-state index in [4.69, 9.17) is 4.74 Å². The van der Waals surface area contributed by atoms with E-state index < -0.39 is 0 Å². The van der Waals surface area contributed by atoms with Crippen molar-refractivity contribution in [1.82, 2.24) is 5.32 Å². The van der Waals surface area contributed by atoms with Gasteiger partial charge in [-0.3, -0.25) is 4.79 Å². The van der Waals surface area contributed by atoms with Gasteiger partial charge in [0.05, 0.1) is 11.6 Å². The first-order chi connectivity index (χ1) is 7.20. The van der Waals surface area contributed by atoms with Crippen LogP contribution in [0.3, 0.4) is 0 Å². The number of hydrogen-bond donors (Lipinski definition) is 1. The molecule has 1 unspecified atom stereocenters. The van der Waals surface area contributed by atoms with Gasteiger partial charge in [-0.2, -0.15) is 0 Å². The molecule has 1 atom stereocenters. The Morgan fingerprint density at radius 3 is 2.93 bits per heavy atom. The molecule has 4 heteroatoms. The Morgan fingerprint density at radius 2 is 2.33 bits per heavy atom. The molecule has 1 aromatic rings. The van der Waals surface area contributed by atoms with Crippen molar-refractivity contribution in [2.24, 2.45) is 0 Å². The molecule has 1 amide bonds. The molecule has 0 aliphatic carbocycles. The number of benzene rings is 1. The predicted molar refractivity (Wildman–Crippen MR) is 61.1 cm³/mol. The van der Waals surface area contributed by atoms with Crippen LogP contribution in [0.1, 0.15) is 17.9 Å². The molecule has 0 saturated carbocycles. The molecule has 0 radical (unpaired) electrons. The number of amides is 1. The van der Waals surface area contributed by atoms with E-state index in [1.165, 1.54) is 0 Å². The average molecular weight is 270 g/mol. The lowest BCUT2D eigenvalue weighted by atomic mass is 9.98. The van der Waals surface area contributed by atoms with E-state index in [9.17, 15) is 4.79 Å². The third-order valence-electron chi connectivity index (χ3n) is 2.62. The van der Waals surface area contributed by atoms with Gasteiger partial charge in [0.25, 0.3) is 0 Å². The van der Waals surface area contributed by atoms with Gasteiger partial charge >= 0.3 is 0 Å². The number of halogens is 1. The number of rotatable bonds is 2. The zero-order valence-corrected chi connectivity index (χ0v) is 10.0. The lowest BCUT2D eigenvalue weighted by Crippen LogP contribution is -2.13. The second kappa shape index (κ2) is 4.23. The first kappa shape index (κ1) is 10.5. The van der Waals surface area contributed by atoms with Gasteiger partial charge in [-0.1, -0.05) is 6.07 Å². The minimum Gasteiger partial charge on any atom is -0.496 e. The van der Waals surface area contributed by atoms with Crippen LogP contribution in [0.15, 0.2) is 22.7 Å². The molecule has 1 heterocycles. The van der Waals surface area contributed by atoms with Crippen LogP contribution in [0.5, 0.6) is 5.75 Å². The summed E-state index contributed by atoms with van der Waals surface area (Å²) in [6.07, 6.45) is 0.574. The standard InChI is InChI=1S/C11H12BrNO2/c1-15-10-4-7(2-3-9(10)12)8-5-11(14)13-6-8/h2-4,8H,5-6H2,1H3,(H,13,14). The van der Waals surface area contributed by atoms with Gasteiger partial charge in [-0.25, -0.2) is 0 Å². The molecule has 3 nitrogen and oxygen atoms in total. The van der Waals surface area contributed by atoms with E-state index in [0.29, 0.717) is 6.42 Å². The van der Waals surface area contributed by atoms with Crippen LogP contribution in [-0.4, -0.2) is 19.6 Å². The second-order valence-corrected chi connectivity index (χ2v) is 4.45. The van der Waals surface area contributed by atoms with Crippen LogP contribution >= 0.6 is 15.9 Å². The van der Waals surface area contributed by atoms with Crippen molar-refractivity contribution in [3.63, 3.8) is 0 Å². The minimum absolute atomic E-state index is 0.127. The largest absolute Gasteiger partial charge is 0.496 e. The van der Waals surface area contributed by atoms with Crippen LogP contribution in [0.4, 0.5) is 0 Å². The van der Waals surface area contributed by atoms with E-state index in [0.717, 1.165) is 22.3 Å². The molecule has 1 aliphatic heterocycles. The zero-order valence-electron chi connectivity index (χ0n) is 8.42. The number of carbonyl (C=O) groups excluding carboxylic acids is 1. The fraction of sp³-hybridized carbons (Fsp3) is 0.364. The van der Waals surface area contributed by atoms with Gasteiger partial charge in [-0.05, 0) is 33.6 Å². The first-order valence-corrected chi connectivity index (χ1v) is 5.60. The maximum atomic E-state index is 11.1. The molecule has 0 bridgehead atoms. The van der Waals surface area contributed by atoms with Gasteiger partial charge in [0, 0.05) is 18.9 Å². The third-order valence-corrected chi connectivity index (χ3v) is 3.28. The quantitative estimate of drug-likeness (QED) is 0.893. The predicted octanol–water partition coefficient (Wildman–Crippen LogP) is 2.06. The average Bonchev–Trinajstić information content (AvgIpc) is 2.66. The van der Waals surface area contributed by atoms with Crippen molar-refractivity contribution < 1.29 is 9.53 Å². The van der Waals surface area contributed by atoms with E-state index >= 15 is 0 Å². The first-order valence-electron chi connectivity index (χ1n) is 4.81. The SMILES string of the molecule is COc1cc(C2CNC(=O)C2)ccc1Br. The third kappa shape index (κ3) is 2.15. The summed E-state index contributed by atoms with van der Waals surface area (Å²) in [7, 11) is 1.64. The topological polar surface area (TPSA) is 38.3 Å². The van der Waals surface area contributed by atoms with Crippen LogP contribution in [0, 0.1) is 0 Å². The highest BCUT2D eigenvalue weighted by Crippen LogP contribution is 2.31. The summed E-state index contributed by atoms with van der Waals surface area (Å²) in [4.78, 5) is 11.1. The molecule has 1 aliphatic rings. The van der Waals surface area contributed by atoms with E-state index in [1.54, 1.807) is 7.11 Å². The van der Waals surface area contributed by atoms with Gasteiger partial charge < -0.3 is 10.1 Å². The number of methoxy groups -OCH3 is 1. The number of ether oxygens (including phenoxy) is 1. The van der Waals surface area contributed by atoms with Crippen molar-refractivity contribution in [1.29, 1.82) is 0 Å². The zero-order chi connectivity index (χ0) is 10.8. The Morgan fingerprint density at radius 1 is 1.53 bits per heavy atom. The van der Waals surface area contributed by atoms with Crippen molar-refractivity contribution in [3.8, 4) is 5.75 Å². The Hall–Kier alpha value is -1.03. The Bertz CT molecular complexity index is 392. The molecule has 80 valence electrons. The molecule has 2 rings (SSSR count). The fourth-order valence-electron chi connectivity index (χ4n) is 1.77. The molecule has 1 saturated heterocycles. The lowest BCUT2D eigenvalue weighted by molar-refractivity contribution is -0.119. The molecule has 1 aromatic carbocycles. The maximum absolute atomic E-state index is 11.1. The monoisotopic (exact) mass is 269 g/mol. The summed E-state index contributed by atoms with van der Waals surface area (Å²) >= 11 is 3.40. The van der Waals surface area contributed by atoms with Crippen LogP contribution < -0.4 is 10.1 Å². The van der Waals surface area contributed by atoms with Gasteiger partial charge in [0.1, 0.15) is 5.75 Å². The summed E-state index contributed by atoms with van der Waals surface area (Å²) in [6, 6.07) is 5.96. The van der Waals surface area contributed by atoms with Crippen LogP contribution in [0.2, 0.25) is 0 Å². The Balaban J connectivity index is 2.25. The molecular formula is C11H12BrNO2. The van der Waals surface area contributed by atoms with E-state index in [2.05, 4.69) is 21.2 Å². The van der Waals surface area contributed by atoms with Crippen LogP contribution in [0.25, 0.3) is 0 Å². The molecule has 1 N–H and O–H groups in total. The molecule has 0 spiro atoms. The summed E-state index contributed by atoms with van der Waals surface area (Å²) in [5.41, 5.74) is 1.15. The molecule has 15 heavy (non-hydrogen) atoms. The molecule has 1 fully saturated rings. The summed E-state index contributed by atoms with van der Waals surface area (Å²) < 4.78 is 6.16. The second-order valence-electron chi connectivity index (χ2n) is 3.60. The maximum Gasteiger partial charge on any atom is 0.220 e. The fourth-order valence-corrected chi connectivity index (χ4v) is 2.18. The van der Waals surface area contributed by atoms with E-state index in [-0.39, 0.29) is 11.8 Å². The van der Waals surface area contributed by atoms with Crippen LogP contribution in [-0.2, 0) is 4.79 Å². The van der Waals surface area contributed by atoms with Gasteiger partial charge in [-0.15, -0.1) is 0 Å². The molecular weight excluding hydrogens is 258 g/mol. The highest BCUT2D eigenvalue weighted by Gasteiger charge is 2.23.